The number of amides is 1. The molecule has 198 valence electrons. The number of likely N-dealkylation sites (tertiary alicyclic amines) is 2. The van der Waals surface area contributed by atoms with Gasteiger partial charge in [-0.15, -0.1) is 0 Å². The van der Waals surface area contributed by atoms with Crippen LogP contribution in [0.15, 0.2) is 42.5 Å². The molecule has 0 atom stereocenters. The van der Waals surface area contributed by atoms with Gasteiger partial charge in [-0.25, -0.2) is 13.6 Å². The lowest BCUT2D eigenvalue weighted by atomic mass is 10.1. The molecule has 9 heteroatoms. The van der Waals surface area contributed by atoms with Crippen molar-refractivity contribution in [2.45, 2.75) is 44.6 Å². The molecule has 1 amide bonds. The molecule has 3 aromatic rings. The van der Waals surface area contributed by atoms with E-state index < -0.39 is 17.7 Å². The number of rotatable bonds is 7. The monoisotopic (exact) mass is 512 g/mol. The summed E-state index contributed by atoms with van der Waals surface area (Å²) in [5.74, 6) is -1.04. The first-order chi connectivity index (χ1) is 18.0. The van der Waals surface area contributed by atoms with Gasteiger partial charge in [-0.3, -0.25) is 0 Å². The third kappa shape index (κ3) is 6.78. The standard InChI is InChI=1S/C28H34F2N4O3/c29-23-9-8-21(18-24(23)30)36-26-7-5-6-25-22(26)19-27(32-25)37-28(35)31-20-10-14-34(15-11-20)17-16-33-12-3-1-2-4-13-33/h5-9,18-20,32H,1-4,10-17H2,(H,31,35). The molecule has 0 unspecified atom stereocenters. The average Bonchev–Trinajstić information content (AvgIpc) is 3.12. The van der Waals surface area contributed by atoms with Gasteiger partial charge in [-0.05, 0) is 63.0 Å². The van der Waals surface area contributed by atoms with Crippen LogP contribution < -0.4 is 14.8 Å². The van der Waals surface area contributed by atoms with Gasteiger partial charge < -0.3 is 29.6 Å². The first kappa shape index (κ1) is 25.5. The van der Waals surface area contributed by atoms with Gasteiger partial charge in [-0.2, -0.15) is 0 Å². The minimum atomic E-state index is -0.984. The van der Waals surface area contributed by atoms with Gasteiger partial charge in [-0.1, -0.05) is 18.9 Å². The van der Waals surface area contributed by atoms with Crippen molar-refractivity contribution in [2.75, 3.05) is 39.3 Å². The number of carbonyl (C=O) groups excluding carboxylic acids is 1. The van der Waals surface area contributed by atoms with E-state index in [1.54, 1.807) is 18.2 Å². The minimum Gasteiger partial charge on any atom is -0.457 e. The number of benzene rings is 2. The number of aromatic nitrogens is 1. The van der Waals surface area contributed by atoms with Crippen molar-refractivity contribution < 1.29 is 23.0 Å². The number of halogens is 2. The maximum atomic E-state index is 13.6. The molecular formula is C28H34F2N4O3. The third-order valence-corrected chi connectivity index (χ3v) is 7.26. The van der Waals surface area contributed by atoms with E-state index in [0.29, 0.717) is 16.7 Å². The number of nitrogens with one attached hydrogen (secondary N) is 2. The van der Waals surface area contributed by atoms with Crippen LogP contribution in [0.4, 0.5) is 13.6 Å². The minimum absolute atomic E-state index is 0.0820. The van der Waals surface area contributed by atoms with Crippen molar-refractivity contribution in [3.8, 4) is 17.4 Å². The SMILES string of the molecule is O=C(NC1CCN(CCN2CCCCCC2)CC1)Oc1cc2c(Oc3ccc(F)c(F)c3)cccc2[nH]1. The van der Waals surface area contributed by atoms with E-state index >= 15 is 0 Å². The Morgan fingerprint density at radius 1 is 0.919 bits per heavy atom. The van der Waals surface area contributed by atoms with E-state index in [-0.39, 0.29) is 17.7 Å². The van der Waals surface area contributed by atoms with Gasteiger partial charge in [0, 0.05) is 49.7 Å². The van der Waals surface area contributed by atoms with Crippen molar-refractivity contribution in [3.63, 3.8) is 0 Å². The molecule has 0 aliphatic carbocycles. The summed E-state index contributed by atoms with van der Waals surface area (Å²) in [5.41, 5.74) is 0.695. The van der Waals surface area contributed by atoms with Crippen LogP contribution in [0.2, 0.25) is 0 Å². The highest BCUT2D eigenvalue weighted by atomic mass is 19.2. The average molecular weight is 513 g/mol. The van der Waals surface area contributed by atoms with Gasteiger partial charge in [0.05, 0.1) is 5.52 Å². The number of hydrogen-bond donors (Lipinski definition) is 2. The molecule has 2 aromatic carbocycles. The van der Waals surface area contributed by atoms with Crippen LogP contribution in [-0.4, -0.2) is 66.2 Å². The largest absolute Gasteiger partial charge is 0.457 e. The lowest BCUT2D eigenvalue weighted by molar-refractivity contribution is 0.157. The Balaban J connectivity index is 1.11. The summed E-state index contributed by atoms with van der Waals surface area (Å²) in [6.45, 7) is 6.58. The highest BCUT2D eigenvalue weighted by Crippen LogP contribution is 2.33. The van der Waals surface area contributed by atoms with Crippen molar-refractivity contribution >= 4 is 17.0 Å². The summed E-state index contributed by atoms with van der Waals surface area (Å²) in [7, 11) is 0. The molecule has 1 aromatic heterocycles. The zero-order valence-electron chi connectivity index (χ0n) is 21.0. The first-order valence-electron chi connectivity index (χ1n) is 13.2. The summed E-state index contributed by atoms with van der Waals surface area (Å²) in [5, 5.41) is 3.65. The molecule has 0 saturated carbocycles. The number of nitrogens with zero attached hydrogens (tertiary/aromatic N) is 2. The van der Waals surface area contributed by atoms with Crippen LogP contribution in [0.5, 0.6) is 17.4 Å². The fraction of sp³-hybridized carbons (Fsp3) is 0.464. The van der Waals surface area contributed by atoms with E-state index in [4.69, 9.17) is 9.47 Å². The Kier molecular flexibility index (Phi) is 8.21. The lowest BCUT2D eigenvalue weighted by Gasteiger charge is -2.33. The van der Waals surface area contributed by atoms with Gasteiger partial charge in [0.15, 0.2) is 11.6 Å². The molecular weight excluding hydrogens is 478 g/mol. The molecule has 3 heterocycles. The fourth-order valence-electron chi connectivity index (χ4n) is 5.15. The smallest absolute Gasteiger partial charge is 0.414 e. The van der Waals surface area contributed by atoms with Crippen molar-refractivity contribution in [2.24, 2.45) is 0 Å². The van der Waals surface area contributed by atoms with E-state index in [1.807, 2.05) is 6.07 Å². The summed E-state index contributed by atoms with van der Waals surface area (Å²) in [6.07, 6.45) is 6.63. The van der Waals surface area contributed by atoms with Crippen molar-refractivity contribution in [1.29, 1.82) is 0 Å². The second-order valence-corrected chi connectivity index (χ2v) is 9.93. The Hall–Kier alpha value is -3.17. The lowest BCUT2D eigenvalue weighted by Crippen LogP contribution is -2.47. The van der Waals surface area contributed by atoms with E-state index in [0.717, 1.165) is 51.2 Å². The second kappa shape index (κ2) is 11.9. The fourth-order valence-corrected chi connectivity index (χ4v) is 5.15. The molecule has 0 bridgehead atoms. The van der Waals surface area contributed by atoms with Crippen LogP contribution in [0.1, 0.15) is 38.5 Å². The molecule has 2 aliphatic rings. The number of aromatic amines is 1. The summed E-state index contributed by atoms with van der Waals surface area (Å²) in [4.78, 5) is 20.7. The number of hydrogen-bond acceptors (Lipinski definition) is 5. The number of piperidine rings is 1. The van der Waals surface area contributed by atoms with Crippen LogP contribution in [0.25, 0.3) is 10.9 Å². The van der Waals surface area contributed by atoms with Gasteiger partial charge >= 0.3 is 6.09 Å². The van der Waals surface area contributed by atoms with Crippen LogP contribution in [0, 0.1) is 11.6 Å². The second-order valence-electron chi connectivity index (χ2n) is 9.93. The molecule has 37 heavy (non-hydrogen) atoms. The molecule has 2 N–H and O–H groups in total. The number of fused-ring (bicyclic) bond motifs is 1. The number of ether oxygens (including phenoxy) is 2. The summed E-state index contributed by atoms with van der Waals surface area (Å²) < 4.78 is 38.1. The summed E-state index contributed by atoms with van der Waals surface area (Å²) >= 11 is 0. The molecule has 2 fully saturated rings. The predicted molar refractivity (Wildman–Crippen MR) is 138 cm³/mol. The highest BCUT2D eigenvalue weighted by molar-refractivity contribution is 5.88. The van der Waals surface area contributed by atoms with E-state index in [2.05, 4.69) is 20.1 Å². The van der Waals surface area contributed by atoms with Crippen LogP contribution >= 0.6 is 0 Å². The maximum Gasteiger partial charge on any atom is 0.414 e. The zero-order valence-corrected chi connectivity index (χ0v) is 21.0. The van der Waals surface area contributed by atoms with Gasteiger partial charge in [0.25, 0.3) is 0 Å². The van der Waals surface area contributed by atoms with Crippen LogP contribution in [0.3, 0.4) is 0 Å². The Morgan fingerprint density at radius 3 is 2.38 bits per heavy atom. The Bertz CT molecular complexity index is 1200. The zero-order chi connectivity index (χ0) is 25.6. The maximum absolute atomic E-state index is 13.6. The van der Waals surface area contributed by atoms with E-state index in [1.165, 1.54) is 44.8 Å². The molecule has 2 saturated heterocycles. The highest BCUT2D eigenvalue weighted by Gasteiger charge is 2.22. The van der Waals surface area contributed by atoms with Gasteiger partial charge in [0.2, 0.25) is 5.88 Å². The molecule has 0 spiro atoms. The van der Waals surface area contributed by atoms with Crippen molar-refractivity contribution in [3.05, 3.63) is 54.1 Å². The predicted octanol–water partition coefficient (Wildman–Crippen LogP) is 5.67. The molecule has 7 nitrogen and oxygen atoms in total. The topological polar surface area (TPSA) is 69.8 Å². The molecule has 5 rings (SSSR count). The molecule has 0 radical (unpaired) electrons. The number of H-pyrrole nitrogens is 1. The Labute approximate surface area is 215 Å². The van der Waals surface area contributed by atoms with E-state index in [9.17, 15) is 13.6 Å². The van der Waals surface area contributed by atoms with Crippen molar-refractivity contribution in [1.82, 2.24) is 20.1 Å². The third-order valence-electron chi connectivity index (χ3n) is 7.26. The number of carbonyl (C=O) groups is 1. The normalized spacial score (nSPS) is 18.0. The van der Waals surface area contributed by atoms with Crippen LogP contribution in [-0.2, 0) is 0 Å². The molecule has 2 aliphatic heterocycles. The quantitative estimate of drug-likeness (QED) is 0.427. The first-order valence-corrected chi connectivity index (χ1v) is 13.2. The Morgan fingerprint density at radius 2 is 1.65 bits per heavy atom. The summed E-state index contributed by atoms with van der Waals surface area (Å²) in [6, 6.07) is 10.4. The van der Waals surface area contributed by atoms with Gasteiger partial charge in [0.1, 0.15) is 11.5 Å².